The quantitative estimate of drug-likeness (QED) is 0.628. The van der Waals surface area contributed by atoms with Crippen LogP contribution in [0.2, 0.25) is 0 Å². The van der Waals surface area contributed by atoms with E-state index in [4.69, 9.17) is 23.1 Å². The van der Waals surface area contributed by atoms with Crippen molar-refractivity contribution in [2.75, 3.05) is 14.1 Å². The third-order valence-electron chi connectivity index (χ3n) is 1.69. The first kappa shape index (κ1) is 18.5. The fourth-order valence-corrected chi connectivity index (χ4v) is 1.11. The molecule has 0 fully saturated rings. The second-order valence-corrected chi connectivity index (χ2v) is 4.17. The van der Waals surface area contributed by atoms with E-state index in [-0.39, 0.29) is 0 Å². The normalized spacial score (nSPS) is 9.70. The molecule has 0 spiro atoms. The second-order valence-electron chi connectivity index (χ2n) is 3.41. The van der Waals surface area contributed by atoms with Gasteiger partial charge in [0, 0.05) is 12.1 Å². The van der Waals surface area contributed by atoms with E-state index >= 15 is 0 Å². The van der Waals surface area contributed by atoms with Crippen LogP contribution in [0.25, 0.3) is 11.3 Å². The molecule has 6 nitrogen and oxygen atoms in total. The lowest BCUT2D eigenvalue weighted by Gasteiger charge is -2.17. The highest BCUT2D eigenvalue weighted by molar-refractivity contribution is 5.56. The molecule has 0 unspecified atom stereocenters. The molecule has 0 amide bonds. The number of benzene rings is 1. The largest absolute Gasteiger partial charge is 0.359 e. The van der Waals surface area contributed by atoms with Crippen LogP contribution in [0.3, 0.4) is 0 Å². The summed E-state index contributed by atoms with van der Waals surface area (Å²) in [6.07, 6.45) is 1.68. The summed E-state index contributed by atoms with van der Waals surface area (Å²) in [5, 5.41) is 2.75. The highest BCUT2D eigenvalue weighted by atomic mass is 35.7. The Balaban J connectivity index is 0.000000382. The third kappa shape index (κ3) is 11.5. The van der Waals surface area contributed by atoms with Gasteiger partial charge >= 0.3 is 12.0 Å². The summed E-state index contributed by atoms with van der Waals surface area (Å²) in [5.41, 5.74) is 1.11. The Bertz CT molecular complexity index is 404. The van der Waals surface area contributed by atoms with E-state index < -0.39 is 10.2 Å². The molecule has 110 valence electrons. The van der Waals surface area contributed by atoms with Crippen molar-refractivity contribution in [2.45, 2.75) is 0 Å². The van der Waals surface area contributed by atoms with Crippen molar-refractivity contribution in [3.8, 4) is 11.3 Å². The lowest BCUT2D eigenvalue weighted by molar-refractivity contribution is -2.00. The van der Waals surface area contributed by atoms with Crippen molar-refractivity contribution in [2.24, 2.45) is 0 Å². The Morgan fingerprint density at radius 1 is 0.850 bits per heavy atom. The lowest BCUT2D eigenvalue weighted by Crippen LogP contribution is -2.68. The van der Waals surface area contributed by atoms with Crippen LogP contribution in [0.15, 0.2) is 59.2 Å². The molecule has 2 rings (SSSR count). The van der Waals surface area contributed by atoms with Crippen molar-refractivity contribution in [3.63, 3.8) is 0 Å². The molecule has 0 bridgehead atoms. The Morgan fingerprint density at radius 3 is 1.70 bits per heavy atom. The predicted octanol–water partition coefficient (Wildman–Crippen LogP) is -1.69. The van der Waals surface area contributed by atoms with Crippen molar-refractivity contribution in [3.05, 3.63) is 54.8 Å². The number of rotatable bonds is 1. The highest BCUT2D eigenvalue weighted by Gasteiger charge is 2.06. The first-order valence-electron chi connectivity index (χ1n) is 5.51. The molecule has 1 aromatic carbocycles. The van der Waals surface area contributed by atoms with Crippen LogP contribution in [-0.2, 0) is 0 Å². The van der Waals surface area contributed by atoms with Gasteiger partial charge in [0.2, 0.25) is 0 Å². The topological polar surface area (TPSA) is 116 Å². The Hall–Kier alpha value is -1.54. The van der Waals surface area contributed by atoms with Gasteiger partial charge in [0.25, 0.3) is 0 Å². The molecule has 0 radical (unpaired) electrons. The molecular weight excluding hydrogens is 286 g/mol. The average molecular weight is 302 g/mol. The van der Waals surface area contributed by atoms with Crippen LogP contribution in [0.4, 0.5) is 0 Å². The summed E-state index contributed by atoms with van der Waals surface area (Å²) < 4.78 is 39.3. The zero-order chi connectivity index (χ0) is 15.4. The molecule has 0 saturated heterocycles. The van der Waals surface area contributed by atoms with Crippen molar-refractivity contribution >= 4 is 0 Å². The van der Waals surface area contributed by atoms with Crippen LogP contribution >= 0.6 is 0 Å². The van der Waals surface area contributed by atoms with E-state index in [0.717, 1.165) is 11.3 Å². The SMILES string of the molecule is CNC.[O-][Cl+3]([O-])([O-])[O-].c1ccc(-c2cccc[o+]2)cc1. The average Bonchev–Trinajstić information content (AvgIpc) is 2.40. The number of hydrogen-bond donors (Lipinski definition) is 1. The van der Waals surface area contributed by atoms with Gasteiger partial charge in [0.1, 0.15) is 0 Å². The minimum absolute atomic E-state index is 0.901. The molecule has 1 heterocycles. The van der Waals surface area contributed by atoms with Gasteiger partial charge in [-0.05, 0) is 32.3 Å². The summed E-state index contributed by atoms with van der Waals surface area (Å²) in [6.45, 7) is 0. The summed E-state index contributed by atoms with van der Waals surface area (Å²) in [6, 6.07) is 15.8. The van der Waals surface area contributed by atoms with Crippen LogP contribution < -0.4 is 24.0 Å². The minimum Gasteiger partial charge on any atom is -0.323 e. The fourth-order valence-electron chi connectivity index (χ4n) is 1.11. The molecule has 7 heteroatoms. The molecule has 1 aromatic heterocycles. The van der Waals surface area contributed by atoms with Crippen LogP contribution in [0.1, 0.15) is 0 Å². The zero-order valence-corrected chi connectivity index (χ0v) is 11.9. The van der Waals surface area contributed by atoms with E-state index in [1.165, 1.54) is 0 Å². The van der Waals surface area contributed by atoms with Gasteiger partial charge in [-0.1, -0.05) is 18.2 Å². The van der Waals surface area contributed by atoms with Crippen molar-refractivity contribution in [1.29, 1.82) is 0 Å². The monoisotopic (exact) mass is 301 g/mol. The number of hydrogen-bond acceptors (Lipinski definition) is 5. The standard InChI is InChI=1S/C11H9O.C2H7N.ClHO4/c1-2-6-10(7-3-1)11-8-4-5-9-12-11;1-3-2;2-1(3,4)5/h1-9H;3H,1-2H3;(H,2,3,4,5)/q+1;;/p-1. The molecule has 0 atom stereocenters. The number of nitrogens with one attached hydrogen (secondary N) is 1. The highest BCUT2D eigenvalue weighted by Crippen LogP contribution is 2.17. The number of halogens is 1. The van der Waals surface area contributed by atoms with E-state index in [2.05, 4.69) is 5.32 Å². The Labute approximate surface area is 119 Å². The maximum absolute atomic E-state index is 8.49. The van der Waals surface area contributed by atoms with Gasteiger partial charge in [-0.25, -0.2) is 23.1 Å². The minimum atomic E-state index is -4.94. The zero-order valence-electron chi connectivity index (χ0n) is 11.1. The molecule has 0 aliphatic carbocycles. The van der Waals surface area contributed by atoms with Crippen LogP contribution in [0, 0.1) is 10.2 Å². The third-order valence-corrected chi connectivity index (χ3v) is 1.69. The van der Waals surface area contributed by atoms with Crippen molar-refractivity contribution in [1.82, 2.24) is 5.32 Å². The molecule has 1 N–H and O–H groups in total. The maximum atomic E-state index is 8.49. The van der Waals surface area contributed by atoms with Gasteiger partial charge in [-0.15, -0.1) is 10.2 Å². The van der Waals surface area contributed by atoms with E-state index in [1.54, 1.807) is 6.26 Å². The molecule has 2 aromatic rings. The van der Waals surface area contributed by atoms with Gasteiger partial charge in [-0.2, -0.15) is 0 Å². The molecule has 0 aliphatic heterocycles. The predicted molar refractivity (Wildman–Crippen MR) is 63.5 cm³/mol. The Morgan fingerprint density at radius 2 is 1.30 bits per heavy atom. The maximum Gasteiger partial charge on any atom is 0.359 e. The van der Waals surface area contributed by atoms with Gasteiger partial charge in [0.15, 0.2) is 0 Å². The molecule has 0 saturated carbocycles. The summed E-state index contributed by atoms with van der Waals surface area (Å²) in [5.74, 6) is 0.901. The summed E-state index contributed by atoms with van der Waals surface area (Å²) in [4.78, 5) is 0. The van der Waals surface area contributed by atoms with E-state index in [0.29, 0.717) is 0 Å². The smallest absolute Gasteiger partial charge is 0.323 e. The summed E-state index contributed by atoms with van der Waals surface area (Å²) in [7, 11) is -1.19. The van der Waals surface area contributed by atoms with E-state index in [1.807, 2.05) is 62.6 Å². The fraction of sp³-hybridized carbons (Fsp3) is 0.154. The summed E-state index contributed by atoms with van der Waals surface area (Å²) >= 11 is 0. The van der Waals surface area contributed by atoms with Crippen LogP contribution in [0.5, 0.6) is 0 Å². The Kier molecular flexibility index (Phi) is 9.48. The molecular formula is C13H16ClNO5. The van der Waals surface area contributed by atoms with Gasteiger partial charge < -0.3 is 5.32 Å². The first-order valence-corrected chi connectivity index (χ1v) is 6.74. The van der Waals surface area contributed by atoms with Gasteiger partial charge in [-0.3, -0.25) is 0 Å². The van der Waals surface area contributed by atoms with Gasteiger partial charge in [0.05, 0.1) is 5.56 Å². The molecule has 20 heavy (non-hydrogen) atoms. The van der Waals surface area contributed by atoms with Crippen molar-refractivity contribution < 1.29 is 33.3 Å². The second kappa shape index (κ2) is 10.3. The lowest BCUT2D eigenvalue weighted by atomic mass is 10.2. The van der Waals surface area contributed by atoms with E-state index in [9.17, 15) is 0 Å². The first-order chi connectivity index (χ1) is 9.38. The van der Waals surface area contributed by atoms with Crippen LogP contribution in [-0.4, -0.2) is 14.1 Å². The molecule has 0 aliphatic rings.